The average Bonchev–Trinajstić information content (AvgIpc) is 2.95. The Kier molecular flexibility index (Phi) is 5.47. The molecular formula is C19H28N4. The smallest absolute Gasteiger partial charge is 0.137 e. The van der Waals surface area contributed by atoms with Crippen molar-refractivity contribution in [2.75, 3.05) is 33.2 Å². The Labute approximate surface area is 139 Å². The summed E-state index contributed by atoms with van der Waals surface area (Å²) >= 11 is 0. The number of nitrogens with one attached hydrogen (secondary N) is 1. The number of likely N-dealkylation sites (tertiary alicyclic amines) is 1. The molecule has 23 heavy (non-hydrogen) atoms. The second-order valence-corrected chi connectivity index (χ2v) is 6.66. The van der Waals surface area contributed by atoms with E-state index in [-0.39, 0.29) is 0 Å². The van der Waals surface area contributed by atoms with E-state index in [1.54, 1.807) is 0 Å². The van der Waals surface area contributed by atoms with Gasteiger partial charge in [-0.2, -0.15) is 0 Å². The van der Waals surface area contributed by atoms with E-state index in [9.17, 15) is 0 Å². The Bertz CT molecular complexity index is 599. The van der Waals surface area contributed by atoms with Crippen molar-refractivity contribution < 1.29 is 0 Å². The monoisotopic (exact) mass is 312 g/mol. The Morgan fingerprint density at radius 2 is 1.87 bits per heavy atom. The van der Waals surface area contributed by atoms with Crippen molar-refractivity contribution in [3.63, 3.8) is 0 Å². The number of aryl methyl sites for hydroxylation is 1. The van der Waals surface area contributed by atoms with Crippen LogP contribution in [0.1, 0.15) is 30.7 Å². The van der Waals surface area contributed by atoms with Crippen molar-refractivity contribution in [3.8, 4) is 11.4 Å². The van der Waals surface area contributed by atoms with E-state index in [1.807, 2.05) is 6.07 Å². The van der Waals surface area contributed by atoms with Gasteiger partial charge in [0.2, 0.25) is 0 Å². The van der Waals surface area contributed by atoms with Gasteiger partial charge < -0.3 is 9.88 Å². The van der Waals surface area contributed by atoms with Crippen LogP contribution in [0.5, 0.6) is 0 Å². The van der Waals surface area contributed by atoms with Gasteiger partial charge in [-0.05, 0) is 39.9 Å². The average molecular weight is 312 g/mol. The fraction of sp³-hybridized carbons (Fsp3) is 0.526. The first-order valence-electron chi connectivity index (χ1n) is 8.74. The number of hydrogen-bond acceptors (Lipinski definition) is 3. The van der Waals surface area contributed by atoms with Gasteiger partial charge in [-0.3, -0.25) is 4.90 Å². The molecule has 1 aromatic heterocycles. The molecule has 2 aromatic rings. The van der Waals surface area contributed by atoms with E-state index in [0.717, 1.165) is 30.2 Å². The maximum atomic E-state index is 4.80. The van der Waals surface area contributed by atoms with Crippen LogP contribution >= 0.6 is 0 Å². The van der Waals surface area contributed by atoms with Gasteiger partial charge in [0.05, 0.1) is 5.69 Å². The lowest BCUT2D eigenvalue weighted by Gasteiger charge is -2.28. The van der Waals surface area contributed by atoms with Crippen LogP contribution in [0.4, 0.5) is 0 Å². The number of H-pyrrole nitrogens is 1. The van der Waals surface area contributed by atoms with Crippen LogP contribution in [0.15, 0.2) is 30.3 Å². The third kappa shape index (κ3) is 4.43. The first-order valence-corrected chi connectivity index (χ1v) is 8.74. The molecule has 0 unspecified atom stereocenters. The summed E-state index contributed by atoms with van der Waals surface area (Å²) in [5.41, 5.74) is 3.48. The predicted octanol–water partition coefficient (Wildman–Crippen LogP) is 3.30. The first-order chi connectivity index (χ1) is 11.2. The fourth-order valence-corrected chi connectivity index (χ4v) is 3.21. The fourth-order valence-electron chi connectivity index (χ4n) is 3.21. The van der Waals surface area contributed by atoms with Gasteiger partial charge in [-0.15, -0.1) is 0 Å². The minimum Gasteiger partial charge on any atom is -0.342 e. The van der Waals surface area contributed by atoms with Gasteiger partial charge in [0.15, 0.2) is 0 Å². The van der Waals surface area contributed by atoms with E-state index in [1.165, 1.54) is 44.6 Å². The number of nitrogens with zero attached hydrogens (tertiary/aromatic N) is 3. The highest BCUT2D eigenvalue weighted by molar-refractivity contribution is 5.55. The zero-order chi connectivity index (χ0) is 16.1. The number of benzene rings is 1. The van der Waals surface area contributed by atoms with Crippen LogP contribution in [0.2, 0.25) is 0 Å². The van der Waals surface area contributed by atoms with Crippen molar-refractivity contribution in [2.45, 2.75) is 32.7 Å². The Morgan fingerprint density at radius 3 is 2.61 bits per heavy atom. The molecule has 124 valence electrons. The topological polar surface area (TPSA) is 35.2 Å². The molecule has 2 heterocycles. The maximum Gasteiger partial charge on any atom is 0.137 e. The van der Waals surface area contributed by atoms with Crippen molar-refractivity contribution >= 4 is 0 Å². The van der Waals surface area contributed by atoms with Crippen molar-refractivity contribution in [3.05, 3.63) is 41.7 Å². The Morgan fingerprint density at radius 1 is 1.13 bits per heavy atom. The van der Waals surface area contributed by atoms with E-state index >= 15 is 0 Å². The van der Waals surface area contributed by atoms with Crippen LogP contribution in [0.3, 0.4) is 0 Å². The molecule has 1 aromatic carbocycles. The number of hydrogen-bond donors (Lipinski definition) is 1. The Balaban J connectivity index is 1.56. The number of piperidine rings is 1. The summed E-state index contributed by atoms with van der Waals surface area (Å²) in [4.78, 5) is 13.2. The molecule has 0 saturated carbocycles. The summed E-state index contributed by atoms with van der Waals surface area (Å²) in [5, 5.41) is 0. The molecule has 0 amide bonds. The molecule has 0 spiro atoms. The third-order valence-electron chi connectivity index (χ3n) is 4.70. The number of rotatable bonds is 6. The van der Waals surface area contributed by atoms with E-state index in [0.29, 0.717) is 0 Å². The quantitative estimate of drug-likeness (QED) is 0.889. The minimum absolute atomic E-state index is 0.906. The molecule has 1 aliphatic heterocycles. The largest absolute Gasteiger partial charge is 0.342 e. The third-order valence-corrected chi connectivity index (χ3v) is 4.70. The molecular weight excluding hydrogens is 284 g/mol. The molecule has 4 nitrogen and oxygen atoms in total. The van der Waals surface area contributed by atoms with Crippen LogP contribution < -0.4 is 0 Å². The lowest BCUT2D eigenvalue weighted by Crippen LogP contribution is -2.36. The molecule has 4 heteroatoms. The van der Waals surface area contributed by atoms with E-state index in [2.05, 4.69) is 53.0 Å². The molecule has 1 aliphatic rings. The highest BCUT2D eigenvalue weighted by Crippen LogP contribution is 2.18. The molecule has 3 rings (SSSR count). The van der Waals surface area contributed by atoms with Gasteiger partial charge >= 0.3 is 0 Å². The van der Waals surface area contributed by atoms with Gasteiger partial charge in [0, 0.05) is 30.9 Å². The summed E-state index contributed by atoms with van der Waals surface area (Å²) < 4.78 is 0. The molecule has 1 fully saturated rings. The highest BCUT2D eigenvalue weighted by atomic mass is 15.2. The lowest BCUT2D eigenvalue weighted by molar-refractivity contribution is 0.193. The van der Waals surface area contributed by atoms with Gasteiger partial charge in [-0.1, -0.05) is 36.8 Å². The number of likely N-dealkylation sites (N-methyl/N-ethyl adjacent to an activating group) is 1. The summed E-state index contributed by atoms with van der Waals surface area (Å²) in [6, 6.07) is 10.3. The zero-order valence-corrected chi connectivity index (χ0v) is 14.4. The summed E-state index contributed by atoms with van der Waals surface area (Å²) in [6.07, 6.45) is 4.13. The van der Waals surface area contributed by atoms with Gasteiger partial charge in [0.1, 0.15) is 5.82 Å². The molecule has 0 aliphatic carbocycles. The summed E-state index contributed by atoms with van der Waals surface area (Å²) in [7, 11) is 2.19. The lowest BCUT2D eigenvalue weighted by atomic mass is 10.1. The normalized spacial score (nSPS) is 16.1. The van der Waals surface area contributed by atoms with Crippen LogP contribution in [-0.4, -0.2) is 53.0 Å². The van der Waals surface area contributed by atoms with Crippen LogP contribution in [0, 0.1) is 6.92 Å². The van der Waals surface area contributed by atoms with Crippen LogP contribution in [0.25, 0.3) is 11.4 Å². The summed E-state index contributed by atoms with van der Waals surface area (Å²) in [5.74, 6) is 0.975. The molecule has 0 radical (unpaired) electrons. The summed E-state index contributed by atoms with van der Waals surface area (Å²) in [6.45, 7) is 7.84. The second-order valence-electron chi connectivity index (χ2n) is 6.66. The highest BCUT2D eigenvalue weighted by Gasteiger charge is 2.13. The minimum atomic E-state index is 0.906. The molecule has 0 atom stereocenters. The number of aromatic nitrogens is 2. The number of imidazole rings is 1. The van der Waals surface area contributed by atoms with E-state index in [4.69, 9.17) is 4.98 Å². The van der Waals surface area contributed by atoms with Crippen molar-refractivity contribution in [1.29, 1.82) is 0 Å². The Hall–Kier alpha value is -1.65. The van der Waals surface area contributed by atoms with Crippen molar-refractivity contribution in [1.82, 2.24) is 19.8 Å². The van der Waals surface area contributed by atoms with E-state index < -0.39 is 0 Å². The second kappa shape index (κ2) is 7.75. The maximum absolute atomic E-state index is 4.80. The zero-order valence-electron chi connectivity index (χ0n) is 14.4. The first kappa shape index (κ1) is 16.2. The number of aromatic amines is 1. The van der Waals surface area contributed by atoms with Crippen molar-refractivity contribution in [2.24, 2.45) is 0 Å². The standard InChI is InChI=1S/C19H28N4/c1-16-18(21-19(20-16)17-9-5-3-6-10-17)15-22(2)13-14-23-11-7-4-8-12-23/h3,5-6,9-10H,4,7-8,11-15H2,1-2H3,(H,20,21). The van der Waals surface area contributed by atoms with Gasteiger partial charge in [-0.25, -0.2) is 4.98 Å². The SMILES string of the molecule is Cc1[nH]c(-c2ccccc2)nc1CN(C)CCN1CCCCC1. The molecule has 0 bridgehead atoms. The predicted molar refractivity (Wildman–Crippen MR) is 95.4 cm³/mol. The van der Waals surface area contributed by atoms with Gasteiger partial charge in [0.25, 0.3) is 0 Å². The molecule has 1 N–H and O–H groups in total. The van der Waals surface area contributed by atoms with Crippen LogP contribution in [-0.2, 0) is 6.54 Å². The molecule has 1 saturated heterocycles.